The Bertz CT molecular complexity index is 765. The number of benzene rings is 2. The molecule has 0 saturated heterocycles. The standard InChI is InChI=1S/C21H21NO2/c1-16-13-20(17(2)24-16)21(23)22(14-18-9-5-3-6-10-18)15-19-11-7-4-8-12-19/h3-13H,14-15H2,1-2H3. The Hall–Kier alpha value is -2.81. The average molecular weight is 319 g/mol. The van der Waals surface area contributed by atoms with Crippen molar-refractivity contribution in [1.82, 2.24) is 4.90 Å². The summed E-state index contributed by atoms with van der Waals surface area (Å²) >= 11 is 0. The molecule has 0 bridgehead atoms. The zero-order valence-corrected chi connectivity index (χ0v) is 14.0. The van der Waals surface area contributed by atoms with Gasteiger partial charge in [0.25, 0.3) is 5.91 Å². The summed E-state index contributed by atoms with van der Waals surface area (Å²) in [4.78, 5) is 14.9. The van der Waals surface area contributed by atoms with Crippen LogP contribution in [-0.2, 0) is 13.1 Å². The third kappa shape index (κ3) is 3.74. The highest BCUT2D eigenvalue weighted by Crippen LogP contribution is 2.19. The number of rotatable bonds is 5. The van der Waals surface area contributed by atoms with E-state index in [1.54, 1.807) is 0 Å². The van der Waals surface area contributed by atoms with Gasteiger partial charge in [-0.05, 0) is 31.0 Å². The molecule has 2 aromatic carbocycles. The molecule has 0 unspecified atom stereocenters. The second-order valence-electron chi connectivity index (χ2n) is 5.96. The average Bonchev–Trinajstić information content (AvgIpc) is 2.94. The fraction of sp³-hybridized carbons (Fsp3) is 0.190. The van der Waals surface area contributed by atoms with E-state index in [1.807, 2.05) is 85.5 Å². The molecule has 0 spiro atoms. The van der Waals surface area contributed by atoms with E-state index in [0.717, 1.165) is 16.9 Å². The van der Waals surface area contributed by atoms with Gasteiger partial charge >= 0.3 is 0 Å². The highest BCUT2D eigenvalue weighted by Gasteiger charge is 2.21. The Balaban J connectivity index is 1.89. The van der Waals surface area contributed by atoms with Gasteiger partial charge < -0.3 is 9.32 Å². The summed E-state index contributed by atoms with van der Waals surface area (Å²) in [5.41, 5.74) is 2.86. The van der Waals surface area contributed by atoms with E-state index in [2.05, 4.69) is 0 Å². The number of aryl methyl sites for hydroxylation is 2. The maximum Gasteiger partial charge on any atom is 0.258 e. The maximum absolute atomic E-state index is 13.1. The summed E-state index contributed by atoms with van der Waals surface area (Å²) in [6.45, 7) is 4.84. The van der Waals surface area contributed by atoms with Crippen LogP contribution >= 0.6 is 0 Å². The van der Waals surface area contributed by atoms with Crippen molar-refractivity contribution in [2.45, 2.75) is 26.9 Å². The van der Waals surface area contributed by atoms with Crippen LogP contribution in [0.15, 0.2) is 71.1 Å². The van der Waals surface area contributed by atoms with Crippen molar-refractivity contribution in [3.8, 4) is 0 Å². The van der Waals surface area contributed by atoms with Gasteiger partial charge in [0, 0.05) is 13.1 Å². The number of carbonyl (C=O) groups excluding carboxylic acids is 1. The lowest BCUT2D eigenvalue weighted by Gasteiger charge is -2.23. The number of furan rings is 1. The highest BCUT2D eigenvalue weighted by molar-refractivity contribution is 5.95. The Morgan fingerprint density at radius 1 is 0.875 bits per heavy atom. The van der Waals surface area contributed by atoms with Crippen LogP contribution in [-0.4, -0.2) is 10.8 Å². The smallest absolute Gasteiger partial charge is 0.258 e. The summed E-state index contributed by atoms with van der Waals surface area (Å²) in [7, 11) is 0. The van der Waals surface area contributed by atoms with Gasteiger partial charge in [0.05, 0.1) is 5.56 Å². The lowest BCUT2D eigenvalue weighted by molar-refractivity contribution is 0.0728. The molecule has 0 aliphatic heterocycles. The summed E-state index contributed by atoms with van der Waals surface area (Å²) in [6, 6.07) is 21.9. The Kier molecular flexibility index (Phi) is 4.80. The summed E-state index contributed by atoms with van der Waals surface area (Å²) in [5.74, 6) is 1.43. The molecule has 0 saturated carbocycles. The first-order valence-corrected chi connectivity index (χ1v) is 8.07. The SMILES string of the molecule is Cc1cc(C(=O)N(Cc2ccccc2)Cc2ccccc2)c(C)o1. The quantitative estimate of drug-likeness (QED) is 0.680. The molecule has 0 radical (unpaired) electrons. The fourth-order valence-electron chi connectivity index (χ4n) is 2.82. The molecule has 3 aromatic rings. The molecule has 0 atom stereocenters. The topological polar surface area (TPSA) is 33.5 Å². The Morgan fingerprint density at radius 2 is 1.38 bits per heavy atom. The van der Waals surface area contributed by atoms with Crippen molar-refractivity contribution in [2.24, 2.45) is 0 Å². The molecular formula is C21H21NO2. The summed E-state index contributed by atoms with van der Waals surface area (Å²) in [5, 5.41) is 0. The monoisotopic (exact) mass is 319 g/mol. The highest BCUT2D eigenvalue weighted by atomic mass is 16.3. The van der Waals surface area contributed by atoms with Gasteiger partial charge in [-0.25, -0.2) is 0 Å². The Morgan fingerprint density at radius 3 is 1.79 bits per heavy atom. The lowest BCUT2D eigenvalue weighted by atomic mass is 10.1. The van der Waals surface area contributed by atoms with Crippen molar-refractivity contribution in [3.63, 3.8) is 0 Å². The summed E-state index contributed by atoms with van der Waals surface area (Å²) in [6.07, 6.45) is 0. The predicted octanol–water partition coefficient (Wildman–Crippen LogP) is 4.74. The van der Waals surface area contributed by atoms with E-state index in [-0.39, 0.29) is 5.91 Å². The molecular weight excluding hydrogens is 298 g/mol. The minimum absolute atomic E-state index is 0.00273. The molecule has 24 heavy (non-hydrogen) atoms. The van der Waals surface area contributed by atoms with Crippen LogP contribution in [0.4, 0.5) is 0 Å². The van der Waals surface area contributed by atoms with Gasteiger partial charge in [-0.1, -0.05) is 60.7 Å². The molecule has 1 aromatic heterocycles. The van der Waals surface area contributed by atoms with Crippen molar-refractivity contribution < 1.29 is 9.21 Å². The first kappa shape index (κ1) is 16.1. The van der Waals surface area contributed by atoms with Gasteiger partial charge in [0.2, 0.25) is 0 Å². The molecule has 1 heterocycles. The number of nitrogens with zero attached hydrogens (tertiary/aromatic N) is 1. The maximum atomic E-state index is 13.1. The number of amides is 1. The van der Waals surface area contributed by atoms with Gasteiger partial charge in [0.1, 0.15) is 11.5 Å². The third-order valence-corrected chi connectivity index (χ3v) is 3.99. The molecule has 122 valence electrons. The minimum atomic E-state index is -0.00273. The van der Waals surface area contributed by atoms with Gasteiger partial charge in [-0.15, -0.1) is 0 Å². The van der Waals surface area contributed by atoms with Gasteiger partial charge in [-0.2, -0.15) is 0 Å². The van der Waals surface area contributed by atoms with Crippen molar-refractivity contribution >= 4 is 5.91 Å². The van der Waals surface area contributed by atoms with Crippen LogP contribution in [0.1, 0.15) is 33.0 Å². The van der Waals surface area contributed by atoms with Crippen LogP contribution in [0.25, 0.3) is 0 Å². The Labute approximate surface area is 142 Å². The molecule has 0 aliphatic rings. The zero-order valence-electron chi connectivity index (χ0n) is 14.0. The summed E-state index contributed by atoms with van der Waals surface area (Å²) < 4.78 is 5.54. The van der Waals surface area contributed by atoms with E-state index < -0.39 is 0 Å². The molecule has 1 amide bonds. The van der Waals surface area contributed by atoms with Crippen LogP contribution in [0.2, 0.25) is 0 Å². The molecule has 3 rings (SSSR count). The number of carbonyl (C=O) groups is 1. The van der Waals surface area contributed by atoms with Crippen molar-refractivity contribution in [2.75, 3.05) is 0 Å². The normalized spacial score (nSPS) is 10.6. The molecule has 3 nitrogen and oxygen atoms in total. The van der Waals surface area contributed by atoms with Gasteiger partial charge in [-0.3, -0.25) is 4.79 Å². The van der Waals surface area contributed by atoms with E-state index in [0.29, 0.717) is 24.4 Å². The lowest BCUT2D eigenvalue weighted by Crippen LogP contribution is -2.30. The van der Waals surface area contributed by atoms with Crippen LogP contribution < -0.4 is 0 Å². The van der Waals surface area contributed by atoms with E-state index >= 15 is 0 Å². The minimum Gasteiger partial charge on any atom is -0.466 e. The van der Waals surface area contributed by atoms with Crippen molar-refractivity contribution in [1.29, 1.82) is 0 Å². The van der Waals surface area contributed by atoms with Crippen LogP contribution in [0, 0.1) is 13.8 Å². The van der Waals surface area contributed by atoms with E-state index in [1.165, 1.54) is 0 Å². The first-order chi connectivity index (χ1) is 11.6. The molecule has 0 aliphatic carbocycles. The second kappa shape index (κ2) is 7.18. The fourth-order valence-corrected chi connectivity index (χ4v) is 2.82. The number of hydrogen-bond donors (Lipinski definition) is 0. The van der Waals surface area contributed by atoms with Gasteiger partial charge in [0.15, 0.2) is 0 Å². The second-order valence-corrected chi connectivity index (χ2v) is 5.96. The van der Waals surface area contributed by atoms with Crippen LogP contribution in [0.3, 0.4) is 0 Å². The van der Waals surface area contributed by atoms with Crippen molar-refractivity contribution in [3.05, 3.63) is 94.9 Å². The zero-order chi connectivity index (χ0) is 16.9. The van der Waals surface area contributed by atoms with E-state index in [4.69, 9.17) is 4.42 Å². The molecule has 0 N–H and O–H groups in total. The molecule has 3 heteroatoms. The van der Waals surface area contributed by atoms with Crippen LogP contribution in [0.5, 0.6) is 0 Å². The number of hydrogen-bond acceptors (Lipinski definition) is 2. The predicted molar refractivity (Wildman–Crippen MR) is 94.6 cm³/mol. The molecule has 0 fully saturated rings. The largest absolute Gasteiger partial charge is 0.466 e. The first-order valence-electron chi connectivity index (χ1n) is 8.07. The van der Waals surface area contributed by atoms with E-state index in [9.17, 15) is 4.79 Å². The third-order valence-electron chi connectivity index (χ3n) is 3.99.